The van der Waals surface area contributed by atoms with Crippen molar-refractivity contribution < 1.29 is 0 Å². The second kappa shape index (κ2) is 4.45. The van der Waals surface area contributed by atoms with Crippen molar-refractivity contribution in [3.05, 3.63) is 48.2 Å². The molecule has 5 heteroatoms. The number of para-hydroxylation sites is 1. The van der Waals surface area contributed by atoms with Crippen LogP contribution < -0.4 is 5.73 Å². The molecule has 0 radical (unpaired) electrons. The molecule has 1 fully saturated rings. The van der Waals surface area contributed by atoms with Crippen LogP contribution >= 0.6 is 0 Å². The van der Waals surface area contributed by atoms with Crippen LogP contribution in [0.2, 0.25) is 0 Å². The lowest BCUT2D eigenvalue weighted by molar-refractivity contribution is 0.592. The van der Waals surface area contributed by atoms with Gasteiger partial charge in [-0.25, -0.2) is 0 Å². The molecule has 1 aliphatic carbocycles. The number of rotatable bonds is 4. The largest absolute Gasteiger partial charge is 0.361 e. The third-order valence-corrected chi connectivity index (χ3v) is 3.99. The fraction of sp³-hybridized carbons (Fsp3) is 0.333. The van der Waals surface area contributed by atoms with Gasteiger partial charge in [-0.3, -0.25) is 0 Å². The summed E-state index contributed by atoms with van der Waals surface area (Å²) < 4.78 is 2.14. The molecule has 3 N–H and O–H groups in total. The summed E-state index contributed by atoms with van der Waals surface area (Å²) in [5.74, 6) is 0.901. The van der Waals surface area contributed by atoms with Crippen LogP contribution in [0.5, 0.6) is 0 Å². The van der Waals surface area contributed by atoms with E-state index in [-0.39, 0.29) is 6.04 Å². The van der Waals surface area contributed by atoms with Crippen molar-refractivity contribution in [2.75, 3.05) is 0 Å². The molecule has 0 amide bonds. The number of aromatic amines is 1. The van der Waals surface area contributed by atoms with Crippen molar-refractivity contribution in [3.63, 3.8) is 0 Å². The first-order valence-corrected chi connectivity index (χ1v) is 7.03. The van der Waals surface area contributed by atoms with E-state index >= 15 is 0 Å². The lowest BCUT2D eigenvalue weighted by Crippen LogP contribution is -2.18. The van der Waals surface area contributed by atoms with Crippen molar-refractivity contribution >= 4 is 10.9 Å². The molecule has 2 heterocycles. The Labute approximate surface area is 116 Å². The summed E-state index contributed by atoms with van der Waals surface area (Å²) in [6.45, 7) is 0. The van der Waals surface area contributed by atoms with Crippen molar-refractivity contribution in [1.82, 2.24) is 19.7 Å². The van der Waals surface area contributed by atoms with Crippen LogP contribution in [0, 0.1) is 0 Å². The number of nitrogens with one attached hydrogen (secondary N) is 1. The maximum atomic E-state index is 6.35. The molecule has 3 aromatic rings. The van der Waals surface area contributed by atoms with E-state index in [1.54, 1.807) is 0 Å². The number of H-pyrrole nitrogens is 1. The third-order valence-electron chi connectivity index (χ3n) is 3.99. The highest BCUT2D eigenvalue weighted by atomic mass is 15.3. The summed E-state index contributed by atoms with van der Waals surface area (Å²) in [4.78, 5) is 3.29. The highest BCUT2D eigenvalue weighted by molar-refractivity contribution is 5.83. The molecule has 0 saturated heterocycles. The maximum absolute atomic E-state index is 6.35. The first kappa shape index (κ1) is 11.7. The number of nitrogens with zero attached hydrogens (tertiary/aromatic N) is 3. The Morgan fingerprint density at radius 1 is 1.35 bits per heavy atom. The fourth-order valence-electron chi connectivity index (χ4n) is 2.78. The predicted octanol–water partition coefficient (Wildman–Crippen LogP) is 2.34. The Morgan fingerprint density at radius 3 is 3.05 bits per heavy atom. The maximum Gasteiger partial charge on any atom is 0.150 e. The Balaban J connectivity index is 1.63. The smallest absolute Gasteiger partial charge is 0.150 e. The van der Waals surface area contributed by atoms with Gasteiger partial charge >= 0.3 is 0 Å². The summed E-state index contributed by atoms with van der Waals surface area (Å²) >= 11 is 0. The summed E-state index contributed by atoms with van der Waals surface area (Å²) in [6, 6.07) is 8.74. The van der Waals surface area contributed by atoms with Gasteiger partial charge in [-0.2, -0.15) is 0 Å². The number of hydrogen-bond acceptors (Lipinski definition) is 3. The summed E-state index contributed by atoms with van der Waals surface area (Å²) in [5.41, 5.74) is 8.74. The van der Waals surface area contributed by atoms with Crippen LogP contribution in [0.25, 0.3) is 10.9 Å². The SMILES string of the molecule is N[C@H](Cc1c[nH]c2ccccc12)c1nncn1C1CC1. The number of hydrogen-bond donors (Lipinski definition) is 2. The van der Waals surface area contributed by atoms with E-state index in [0.717, 1.165) is 17.8 Å². The highest BCUT2D eigenvalue weighted by Crippen LogP contribution is 2.36. The zero-order chi connectivity index (χ0) is 13.5. The monoisotopic (exact) mass is 267 g/mol. The van der Waals surface area contributed by atoms with E-state index in [2.05, 4.69) is 37.9 Å². The van der Waals surface area contributed by atoms with Crippen molar-refractivity contribution in [2.45, 2.75) is 31.3 Å². The Bertz CT molecular complexity index is 737. The number of nitrogens with two attached hydrogens (primary N) is 1. The molecule has 2 aromatic heterocycles. The van der Waals surface area contributed by atoms with E-state index in [9.17, 15) is 0 Å². The second-order valence-electron chi connectivity index (χ2n) is 5.50. The molecular formula is C15H17N5. The Morgan fingerprint density at radius 2 is 2.20 bits per heavy atom. The van der Waals surface area contributed by atoms with Crippen LogP contribution in [0.1, 0.15) is 36.3 Å². The van der Waals surface area contributed by atoms with Gasteiger partial charge in [-0.15, -0.1) is 10.2 Å². The van der Waals surface area contributed by atoms with Gasteiger partial charge in [0.15, 0.2) is 0 Å². The lowest BCUT2D eigenvalue weighted by atomic mass is 10.1. The minimum Gasteiger partial charge on any atom is -0.361 e. The summed E-state index contributed by atoms with van der Waals surface area (Å²) in [5, 5.41) is 9.47. The zero-order valence-electron chi connectivity index (χ0n) is 11.2. The molecule has 0 bridgehead atoms. The minimum atomic E-state index is -0.114. The molecule has 4 rings (SSSR count). The molecule has 0 aliphatic heterocycles. The molecule has 1 aliphatic rings. The summed E-state index contributed by atoms with van der Waals surface area (Å²) in [7, 11) is 0. The number of fused-ring (bicyclic) bond motifs is 1. The van der Waals surface area contributed by atoms with Gasteiger partial charge in [0.25, 0.3) is 0 Å². The van der Waals surface area contributed by atoms with Crippen LogP contribution in [0.15, 0.2) is 36.8 Å². The lowest BCUT2D eigenvalue weighted by Gasteiger charge is -2.12. The van der Waals surface area contributed by atoms with Gasteiger partial charge in [0.1, 0.15) is 12.2 Å². The van der Waals surface area contributed by atoms with Gasteiger partial charge in [-0.05, 0) is 30.9 Å². The van der Waals surface area contributed by atoms with Crippen LogP contribution in [0.3, 0.4) is 0 Å². The van der Waals surface area contributed by atoms with E-state index in [1.807, 2.05) is 18.6 Å². The van der Waals surface area contributed by atoms with Gasteiger partial charge in [0.05, 0.1) is 6.04 Å². The van der Waals surface area contributed by atoms with Crippen molar-refractivity contribution in [3.8, 4) is 0 Å². The Hall–Kier alpha value is -2.14. The molecule has 102 valence electrons. The van der Waals surface area contributed by atoms with E-state index in [1.165, 1.54) is 23.8 Å². The average molecular weight is 267 g/mol. The molecule has 1 atom stereocenters. The van der Waals surface area contributed by atoms with E-state index in [4.69, 9.17) is 5.73 Å². The molecule has 0 unspecified atom stereocenters. The van der Waals surface area contributed by atoms with E-state index < -0.39 is 0 Å². The first-order valence-electron chi connectivity index (χ1n) is 7.03. The van der Waals surface area contributed by atoms with Gasteiger partial charge in [0, 0.05) is 23.1 Å². The topological polar surface area (TPSA) is 72.5 Å². The number of aromatic nitrogens is 4. The minimum absolute atomic E-state index is 0.114. The third kappa shape index (κ3) is 1.91. The molecule has 20 heavy (non-hydrogen) atoms. The normalized spacial score (nSPS) is 16.6. The van der Waals surface area contributed by atoms with Gasteiger partial charge < -0.3 is 15.3 Å². The van der Waals surface area contributed by atoms with Gasteiger partial charge in [-0.1, -0.05) is 18.2 Å². The molecule has 0 spiro atoms. The van der Waals surface area contributed by atoms with E-state index in [0.29, 0.717) is 6.04 Å². The molecule has 5 nitrogen and oxygen atoms in total. The molecule has 1 saturated carbocycles. The highest BCUT2D eigenvalue weighted by Gasteiger charge is 2.28. The molecule has 1 aromatic carbocycles. The zero-order valence-corrected chi connectivity index (χ0v) is 11.2. The van der Waals surface area contributed by atoms with Gasteiger partial charge in [0.2, 0.25) is 0 Å². The second-order valence-corrected chi connectivity index (χ2v) is 5.50. The molecular weight excluding hydrogens is 250 g/mol. The fourth-order valence-corrected chi connectivity index (χ4v) is 2.78. The number of benzene rings is 1. The average Bonchev–Trinajstić information content (AvgIpc) is 3.06. The predicted molar refractivity (Wildman–Crippen MR) is 77.2 cm³/mol. The van der Waals surface area contributed by atoms with Crippen LogP contribution in [-0.2, 0) is 6.42 Å². The quantitative estimate of drug-likeness (QED) is 0.762. The Kier molecular flexibility index (Phi) is 2.60. The van der Waals surface area contributed by atoms with Crippen molar-refractivity contribution in [2.24, 2.45) is 5.73 Å². The first-order chi connectivity index (χ1) is 9.83. The van der Waals surface area contributed by atoms with Crippen molar-refractivity contribution in [1.29, 1.82) is 0 Å². The van der Waals surface area contributed by atoms with Crippen LogP contribution in [0.4, 0.5) is 0 Å². The standard InChI is InChI=1S/C15H17N5/c16-13(15-19-18-9-20(15)11-5-6-11)7-10-8-17-14-4-2-1-3-12(10)14/h1-4,8-9,11,13,17H,5-7,16H2/t13-/m1/s1. The van der Waals surface area contributed by atoms with Crippen LogP contribution in [-0.4, -0.2) is 19.7 Å². The summed E-state index contributed by atoms with van der Waals surface area (Å²) in [6.07, 6.45) is 7.05.